The van der Waals surface area contributed by atoms with E-state index < -0.39 is 0 Å². The zero-order valence-electron chi connectivity index (χ0n) is 11.4. The van der Waals surface area contributed by atoms with Crippen molar-refractivity contribution in [3.63, 3.8) is 0 Å². The van der Waals surface area contributed by atoms with Gasteiger partial charge in [-0.15, -0.1) is 11.6 Å². The number of piperazine rings is 1. The van der Waals surface area contributed by atoms with Gasteiger partial charge < -0.3 is 9.80 Å². The molecule has 18 heavy (non-hydrogen) atoms. The number of alkyl halides is 1. The average molecular weight is 269 g/mol. The zero-order chi connectivity index (χ0) is 13.1. The number of aromatic nitrogens is 2. The third-order valence-corrected chi connectivity index (χ3v) is 3.65. The monoisotopic (exact) mass is 268 g/mol. The Labute approximate surface area is 114 Å². The molecule has 0 atom stereocenters. The Balaban J connectivity index is 2.21. The smallest absolute Gasteiger partial charge is 0.225 e. The topological polar surface area (TPSA) is 32.3 Å². The number of nitrogens with zero attached hydrogens (tertiary/aromatic N) is 4. The second kappa shape index (κ2) is 5.85. The molecule has 0 aliphatic carbocycles. The number of hydrogen-bond acceptors (Lipinski definition) is 4. The summed E-state index contributed by atoms with van der Waals surface area (Å²) < 4.78 is 0. The van der Waals surface area contributed by atoms with E-state index in [9.17, 15) is 0 Å². The molecule has 100 valence electrons. The van der Waals surface area contributed by atoms with Crippen molar-refractivity contribution in [2.24, 2.45) is 0 Å². The SMILES string of the molecule is CC(C)c1nc(N2CCN(C)CC2)ncc1CCl. The van der Waals surface area contributed by atoms with Gasteiger partial charge >= 0.3 is 0 Å². The van der Waals surface area contributed by atoms with Gasteiger partial charge in [-0.05, 0) is 13.0 Å². The molecule has 1 fully saturated rings. The molecule has 1 aromatic rings. The first-order chi connectivity index (χ1) is 8.61. The molecule has 1 saturated heterocycles. The first-order valence-corrected chi connectivity index (χ1v) is 7.00. The van der Waals surface area contributed by atoms with E-state index in [1.54, 1.807) is 0 Å². The van der Waals surface area contributed by atoms with E-state index in [-0.39, 0.29) is 0 Å². The summed E-state index contributed by atoms with van der Waals surface area (Å²) in [5, 5.41) is 0. The van der Waals surface area contributed by atoms with E-state index >= 15 is 0 Å². The Morgan fingerprint density at radius 3 is 2.50 bits per heavy atom. The van der Waals surface area contributed by atoms with Crippen LogP contribution in [0.25, 0.3) is 0 Å². The van der Waals surface area contributed by atoms with E-state index in [1.165, 1.54) is 0 Å². The molecule has 5 heteroatoms. The van der Waals surface area contributed by atoms with E-state index in [0.29, 0.717) is 11.8 Å². The van der Waals surface area contributed by atoms with Gasteiger partial charge in [0.1, 0.15) is 0 Å². The molecule has 1 aliphatic heterocycles. The lowest BCUT2D eigenvalue weighted by Crippen LogP contribution is -2.45. The Morgan fingerprint density at radius 1 is 1.28 bits per heavy atom. The minimum absolute atomic E-state index is 0.382. The van der Waals surface area contributed by atoms with Crippen LogP contribution >= 0.6 is 11.6 Å². The molecule has 0 aromatic carbocycles. The zero-order valence-corrected chi connectivity index (χ0v) is 12.1. The molecule has 2 heterocycles. The fourth-order valence-corrected chi connectivity index (χ4v) is 2.38. The highest BCUT2D eigenvalue weighted by atomic mass is 35.5. The summed E-state index contributed by atoms with van der Waals surface area (Å²) >= 11 is 5.93. The Kier molecular flexibility index (Phi) is 4.40. The molecule has 0 spiro atoms. The van der Waals surface area contributed by atoms with E-state index in [4.69, 9.17) is 16.6 Å². The number of likely N-dealkylation sites (N-methyl/N-ethyl adjacent to an activating group) is 1. The Hall–Kier alpha value is -0.870. The maximum atomic E-state index is 5.93. The van der Waals surface area contributed by atoms with Gasteiger partial charge in [0.15, 0.2) is 0 Å². The van der Waals surface area contributed by atoms with Crippen molar-refractivity contribution in [2.75, 3.05) is 38.1 Å². The van der Waals surface area contributed by atoms with Gasteiger partial charge in [0, 0.05) is 37.9 Å². The second-order valence-corrected chi connectivity index (χ2v) is 5.43. The minimum atomic E-state index is 0.382. The third-order valence-electron chi connectivity index (χ3n) is 3.36. The number of anilines is 1. The van der Waals surface area contributed by atoms with Crippen LogP contribution in [0.15, 0.2) is 6.20 Å². The lowest BCUT2D eigenvalue weighted by molar-refractivity contribution is 0.311. The highest BCUT2D eigenvalue weighted by Gasteiger charge is 2.18. The summed E-state index contributed by atoms with van der Waals surface area (Å²) in [7, 11) is 2.15. The predicted octanol–water partition coefficient (Wildman–Crippen LogP) is 2.09. The van der Waals surface area contributed by atoms with Crippen LogP contribution in [0.1, 0.15) is 31.0 Å². The van der Waals surface area contributed by atoms with Crippen LogP contribution in [0.4, 0.5) is 5.95 Å². The average Bonchev–Trinajstić information content (AvgIpc) is 2.39. The summed E-state index contributed by atoms with van der Waals surface area (Å²) in [6.07, 6.45) is 1.88. The minimum Gasteiger partial charge on any atom is -0.338 e. The normalized spacial score (nSPS) is 17.5. The lowest BCUT2D eigenvalue weighted by Gasteiger charge is -2.32. The summed E-state index contributed by atoms with van der Waals surface area (Å²) in [4.78, 5) is 13.7. The molecule has 1 aliphatic rings. The van der Waals surface area contributed by atoms with Gasteiger partial charge in [0.05, 0.1) is 11.6 Å². The molecular weight excluding hydrogens is 248 g/mol. The van der Waals surface area contributed by atoms with Crippen molar-refractivity contribution in [3.05, 3.63) is 17.5 Å². The lowest BCUT2D eigenvalue weighted by atomic mass is 10.1. The first-order valence-electron chi connectivity index (χ1n) is 6.47. The molecule has 0 amide bonds. The van der Waals surface area contributed by atoms with Crippen molar-refractivity contribution >= 4 is 17.5 Å². The van der Waals surface area contributed by atoms with Crippen LogP contribution in [-0.4, -0.2) is 48.1 Å². The summed E-state index contributed by atoms with van der Waals surface area (Å²) in [6.45, 7) is 8.41. The number of halogens is 1. The van der Waals surface area contributed by atoms with E-state index in [1.807, 2.05) is 6.20 Å². The molecule has 2 rings (SSSR count). The third kappa shape index (κ3) is 2.93. The van der Waals surface area contributed by atoms with Crippen molar-refractivity contribution in [2.45, 2.75) is 25.6 Å². The first kappa shape index (κ1) is 13.6. The molecule has 1 aromatic heterocycles. The Morgan fingerprint density at radius 2 is 1.94 bits per heavy atom. The van der Waals surface area contributed by atoms with Crippen LogP contribution in [0.3, 0.4) is 0 Å². The highest BCUT2D eigenvalue weighted by molar-refractivity contribution is 6.17. The number of rotatable bonds is 3. The van der Waals surface area contributed by atoms with E-state index in [2.05, 4.69) is 35.7 Å². The van der Waals surface area contributed by atoms with Gasteiger partial charge in [0.2, 0.25) is 5.95 Å². The maximum absolute atomic E-state index is 5.93. The standard InChI is InChI=1S/C13H21ClN4/c1-10(2)12-11(8-14)9-15-13(16-12)18-6-4-17(3)5-7-18/h9-10H,4-8H2,1-3H3. The predicted molar refractivity (Wildman–Crippen MR) is 75.4 cm³/mol. The van der Waals surface area contributed by atoms with Gasteiger partial charge in [0.25, 0.3) is 0 Å². The largest absolute Gasteiger partial charge is 0.338 e. The maximum Gasteiger partial charge on any atom is 0.225 e. The van der Waals surface area contributed by atoms with Crippen LogP contribution in [0.5, 0.6) is 0 Å². The van der Waals surface area contributed by atoms with Crippen LogP contribution in [0, 0.1) is 0 Å². The summed E-state index contributed by atoms with van der Waals surface area (Å²) in [5.74, 6) is 1.71. The molecule has 0 unspecified atom stereocenters. The quantitative estimate of drug-likeness (QED) is 0.786. The molecule has 0 bridgehead atoms. The van der Waals surface area contributed by atoms with Crippen molar-refractivity contribution in [1.29, 1.82) is 0 Å². The van der Waals surface area contributed by atoms with Crippen LogP contribution < -0.4 is 4.90 Å². The van der Waals surface area contributed by atoms with Crippen molar-refractivity contribution in [1.82, 2.24) is 14.9 Å². The molecule has 4 nitrogen and oxygen atoms in total. The van der Waals surface area contributed by atoms with Crippen LogP contribution in [0.2, 0.25) is 0 Å². The molecular formula is C13H21ClN4. The molecule has 0 N–H and O–H groups in total. The molecule has 0 saturated carbocycles. The molecule has 0 radical (unpaired) electrons. The van der Waals surface area contributed by atoms with Gasteiger partial charge in [-0.1, -0.05) is 13.8 Å². The summed E-state index contributed by atoms with van der Waals surface area (Å²) in [6, 6.07) is 0. The highest BCUT2D eigenvalue weighted by Crippen LogP contribution is 2.21. The van der Waals surface area contributed by atoms with Crippen molar-refractivity contribution in [3.8, 4) is 0 Å². The number of hydrogen-bond donors (Lipinski definition) is 0. The van der Waals surface area contributed by atoms with Crippen molar-refractivity contribution < 1.29 is 0 Å². The van der Waals surface area contributed by atoms with Gasteiger partial charge in [-0.3, -0.25) is 0 Å². The van der Waals surface area contributed by atoms with Crippen LogP contribution in [-0.2, 0) is 5.88 Å². The Bertz CT molecular complexity index is 400. The van der Waals surface area contributed by atoms with Gasteiger partial charge in [-0.2, -0.15) is 0 Å². The fourth-order valence-electron chi connectivity index (χ4n) is 2.17. The van der Waals surface area contributed by atoms with Gasteiger partial charge in [-0.25, -0.2) is 9.97 Å². The fraction of sp³-hybridized carbons (Fsp3) is 0.692. The summed E-state index contributed by atoms with van der Waals surface area (Å²) in [5.41, 5.74) is 2.12. The second-order valence-electron chi connectivity index (χ2n) is 5.16. The van der Waals surface area contributed by atoms with E-state index in [0.717, 1.165) is 43.4 Å².